The highest BCUT2D eigenvalue weighted by atomic mass is 79.9. The average Bonchev–Trinajstić information content (AvgIpc) is 2.20. The van der Waals surface area contributed by atoms with Crippen LogP contribution in [0.15, 0.2) is 22.7 Å². The zero-order valence-corrected chi connectivity index (χ0v) is 10.9. The molecule has 0 aliphatic heterocycles. The summed E-state index contributed by atoms with van der Waals surface area (Å²) in [5, 5.41) is 5.43. The van der Waals surface area contributed by atoms with E-state index >= 15 is 0 Å². The van der Waals surface area contributed by atoms with Crippen LogP contribution >= 0.6 is 27.5 Å². The molecule has 0 aromatic heterocycles. The molecule has 6 heteroatoms. The molecule has 16 heavy (non-hydrogen) atoms. The first kappa shape index (κ1) is 13.0. The van der Waals surface area contributed by atoms with Crippen molar-refractivity contribution in [2.45, 2.75) is 6.92 Å². The highest BCUT2D eigenvalue weighted by Crippen LogP contribution is 2.25. The maximum atomic E-state index is 11.4. The van der Waals surface area contributed by atoms with Gasteiger partial charge in [0.1, 0.15) is 0 Å². The molecule has 0 fully saturated rings. The molecule has 0 saturated carbocycles. The highest BCUT2D eigenvalue weighted by molar-refractivity contribution is 9.10. The second-order valence-electron chi connectivity index (χ2n) is 3.08. The predicted molar refractivity (Wildman–Crippen MR) is 66.5 cm³/mol. The lowest BCUT2D eigenvalue weighted by atomic mass is 10.3. The number of amides is 2. The number of anilines is 1. The largest absolute Gasteiger partial charge is 0.347 e. The molecule has 1 aromatic carbocycles. The van der Waals surface area contributed by atoms with Crippen molar-refractivity contribution in [2.24, 2.45) is 0 Å². The van der Waals surface area contributed by atoms with Gasteiger partial charge < -0.3 is 10.6 Å². The molecule has 2 N–H and O–H groups in total. The van der Waals surface area contributed by atoms with E-state index in [-0.39, 0.29) is 18.4 Å². The second kappa shape index (κ2) is 5.86. The predicted octanol–water partition coefficient (Wildman–Crippen LogP) is 2.18. The maximum absolute atomic E-state index is 11.4. The Labute approximate surface area is 106 Å². The summed E-state index contributed by atoms with van der Waals surface area (Å²) < 4.78 is 0.812. The molecule has 4 nitrogen and oxygen atoms in total. The Morgan fingerprint density at radius 2 is 2.12 bits per heavy atom. The van der Waals surface area contributed by atoms with Crippen LogP contribution in [0.2, 0.25) is 5.02 Å². The highest BCUT2D eigenvalue weighted by Gasteiger charge is 2.06. The number of carbonyl (C=O) groups excluding carboxylic acids is 2. The Morgan fingerprint density at radius 3 is 2.75 bits per heavy atom. The molecule has 0 aliphatic rings. The molecular formula is C10H10BrClN2O2. The fraction of sp³-hybridized carbons (Fsp3) is 0.200. The molecule has 0 atom stereocenters. The number of hydrogen-bond acceptors (Lipinski definition) is 2. The van der Waals surface area contributed by atoms with Crippen molar-refractivity contribution < 1.29 is 9.59 Å². The number of rotatable bonds is 3. The normalized spacial score (nSPS) is 9.69. The molecule has 0 radical (unpaired) electrons. The Kier molecular flexibility index (Phi) is 4.76. The number of carbonyl (C=O) groups is 2. The number of nitrogens with one attached hydrogen (secondary N) is 2. The zero-order chi connectivity index (χ0) is 12.1. The molecular weight excluding hydrogens is 295 g/mol. The summed E-state index contributed by atoms with van der Waals surface area (Å²) in [6, 6.07) is 5.12. The fourth-order valence-electron chi connectivity index (χ4n) is 0.992. The molecule has 2 amide bonds. The maximum Gasteiger partial charge on any atom is 0.243 e. The first-order chi connectivity index (χ1) is 7.49. The molecule has 0 spiro atoms. The minimum atomic E-state index is -0.324. The van der Waals surface area contributed by atoms with Gasteiger partial charge in [-0.25, -0.2) is 0 Å². The number of halogens is 2. The van der Waals surface area contributed by atoms with Crippen LogP contribution in [-0.4, -0.2) is 18.4 Å². The molecule has 0 aliphatic carbocycles. The molecule has 0 heterocycles. The molecule has 1 rings (SSSR count). The summed E-state index contributed by atoms with van der Waals surface area (Å²) in [5.41, 5.74) is 0.506. The van der Waals surface area contributed by atoms with Gasteiger partial charge in [-0.3, -0.25) is 9.59 Å². The van der Waals surface area contributed by atoms with Crippen molar-refractivity contribution in [3.63, 3.8) is 0 Å². The van der Waals surface area contributed by atoms with Gasteiger partial charge in [0, 0.05) is 11.4 Å². The first-order valence-corrected chi connectivity index (χ1v) is 5.65. The van der Waals surface area contributed by atoms with E-state index in [1.54, 1.807) is 18.2 Å². The van der Waals surface area contributed by atoms with Crippen molar-refractivity contribution in [3.8, 4) is 0 Å². The number of benzene rings is 1. The topological polar surface area (TPSA) is 58.2 Å². The monoisotopic (exact) mass is 304 g/mol. The van der Waals surface area contributed by atoms with E-state index in [1.807, 2.05) is 0 Å². The van der Waals surface area contributed by atoms with Crippen LogP contribution in [0, 0.1) is 0 Å². The van der Waals surface area contributed by atoms with Crippen molar-refractivity contribution in [3.05, 3.63) is 27.7 Å². The van der Waals surface area contributed by atoms with E-state index in [0.29, 0.717) is 10.7 Å². The third-order valence-electron chi connectivity index (χ3n) is 1.70. The van der Waals surface area contributed by atoms with Crippen molar-refractivity contribution in [1.82, 2.24) is 5.32 Å². The van der Waals surface area contributed by atoms with Crippen molar-refractivity contribution in [1.29, 1.82) is 0 Å². The van der Waals surface area contributed by atoms with Gasteiger partial charge in [0.2, 0.25) is 11.8 Å². The molecule has 0 saturated heterocycles. The lowest BCUT2D eigenvalue weighted by Crippen LogP contribution is -2.31. The van der Waals surface area contributed by atoms with Crippen LogP contribution < -0.4 is 10.6 Å². The van der Waals surface area contributed by atoms with Gasteiger partial charge in [-0.05, 0) is 18.2 Å². The molecule has 0 unspecified atom stereocenters. The van der Waals surface area contributed by atoms with Crippen LogP contribution in [0.1, 0.15) is 6.92 Å². The minimum Gasteiger partial charge on any atom is -0.347 e. The van der Waals surface area contributed by atoms with Gasteiger partial charge in [-0.15, -0.1) is 0 Å². The van der Waals surface area contributed by atoms with Gasteiger partial charge >= 0.3 is 0 Å². The summed E-state index contributed by atoms with van der Waals surface area (Å²) in [5.74, 6) is -0.578. The SMILES string of the molecule is CC(=O)NCC(=O)Nc1cc(Br)ccc1Cl. The quantitative estimate of drug-likeness (QED) is 0.899. The Bertz CT molecular complexity index is 423. The molecule has 1 aromatic rings. The number of hydrogen-bond donors (Lipinski definition) is 2. The van der Waals surface area contributed by atoms with Crippen LogP contribution in [0.5, 0.6) is 0 Å². The summed E-state index contributed by atoms with van der Waals surface area (Å²) in [6.07, 6.45) is 0. The van der Waals surface area contributed by atoms with Crippen LogP contribution in [0.3, 0.4) is 0 Å². The van der Waals surface area contributed by atoms with Crippen LogP contribution in [0.25, 0.3) is 0 Å². The Balaban J connectivity index is 2.62. The van der Waals surface area contributed by atoms with Gasteiger partial charge in [0.25, 0.3) is 0 Å². The summed E-state index contributed by atoms with van der Waals surface area (Å²) in [6.45, 7) is 1.28. The van der Waals surface area contributed by atoms with E-state index in [0.717, 1.165) is 4.47 Å². The van der Waals surface area contributed by atoms with Crippen molar-refractivity contribution in [2.75, 3.05) is 11.9 Å². The molecule has 0 bridgehead atoms. The van der Waals surface area contributed by atoms with E-state index in [2.05, 4.69) is 26.6 Å². The summed E-state index contributed by atoms with van der Waals surface area (Å²) in [4.78, 5) is 22.0. The van der Waals surface area contributed by atoms with Gasteiger partial charge in [-0.2, -0.15) is 0 Å². The smallest absolute Gasteiger partial charge is 0.243 e. The van der Waals surface area contributed by atoms with E-state index in [9.17, 15) is 9.59 Å². The summed E-state index contributed by atoms with van der Waals surface area (Å²) >= 11 is 9.15. The minimum absolute atomic E-state index is 0.0713. The lowest BCUT2D eigenvalue weighted by Gasteiger charge is -2.07. The first-order valence-electron chi connectivity index (χ1n) is 4.48. The molecule has 86 valence electrons. The standard InChI is InChI=1S/C10H10BrClN2O2/c1-6(15)13-5-10(16)14-9-4-7(11)2-3-8(9)12/h2-4H,5H2,1H3,(H,13,15)(H,14,16). The third-order valence-corrected chi connectivity index (χ3v) is 2.52. The summed E-state index contributed by atoms with van der Waals surface area (Å²) in [7, 11) is 0. The van der Waals surface area contributed by atoms with Crippen molar-refractivity contribution >= 4 is 45.0 Å². The van der Waals surface area contributed by atoms with E-state index in [1.165, 1.54) is 6.92 Å². The Hall–Kier alpha value is -1.07. The third kappa shape index (κ3) is 4.20. The van der Waals surface area contributed by atoms with E-state index < -0.39 is 0 Å². The fourth-order valence-corrected chi connectivity index (χ4v) is 1.52. The zero-order valence-electron chi connectivity index (χ0n) is 8.51. The van der Waals surface area contributed by atoms with Crippen LogP contribution in [0.4, 0.5) is 5.69 Å². The van der Waals surface area contributed by atoms with Gasteiger partial charge in [0.05, 0.1) is 17.3 Å². The Morgan fingerprint density at radius 1 is 1.44 bits per heavy atom. The van der Waals surface area contributed by atoms with Gasteiger partial charge in [0.15, 0.2) is 0 Å². The lowest BCUT2D eigenvalue weighted by molar-refractivity contribution is -0.122. The second-order valence-corrected chi connectivity index (χ2v) is 4.40. The van der Waals surface area contributed by atoms with Crippen LogP contribution in [-0.2, 0) is 9.59 Å². The van der Waals surface area contributed by atoms with E-state index in [4.69, 9.17) is 11.6 Å². The van der Waals surface area contributed by atoms with Gasteiger partial charge in [-0.1, -0.05) is 27.5 Å². The average molecular weight is 306 g/mol.